The van der Waals surface area contributed by atoms with E-state index >= 15 is 0 Å². The molecule has 0 radical (unpaired) electrons. The molecule has 0 saturated heterocycles. The summed E-state index contributed by atoms with van der Waals surface area (Å²) in [4.78, 5) is 9.03. The molecule has 0 amide bonds. The van der Waals surface area contributed by atoms with Crippen molar-refractivity contribution in [2.45, 2.75) is 44.0 Å². The lowest BCUT2D eigenvalue weighted by molar-refractivity contribution is 0.316. The molecule has 0 spiro atoms. The van der Waals surface area contributed by atoms with E-state index in [0.29, 0.717) is 6.54 Å². The lowest BCUT2D eigenvalue weighted by Gasteiger charge is -2.26. The topological polar surface area (TPSA) is 54.2 Å². The number of hydrogen-bond donors (Lipinski definition) is 2. The lowest BCUT2D eigenvalue weighted by Crippen LogP contribution is -2.28. The van der Waals surface area contributed by atoms with Gasteiger partial charge in [-0.3, -0.25) is 4.98 Å². The Morgan fingerprint density at radius 2 is 1.93 bits per heavy atom. The van der Waals surface area contributed by atoms with E-state index in [1.807, 2.05) is 32.3 Å². The van der Waals surface area contributed by atoms with Crippen LogP contribution in [0.1, 0.15) is 44.4 Å². The van der Waals surface area contributed by atoms with Gasteiger partial charge in [0.15, 0.2) is 0 Å². The van der Waals surface area contributed by atoms with E-state index in [2.05, 4.69) is 47.8 Å². The van der Waals surface area contributed by atoms with Gasteiger partial charge in [0.1, 0.15) is 0 Å². The van der Waals surface area contributed by atoms with Crippen molar-refractivity contribution >= 4 is 23.0 Å². The van der Waals surface area contributed by atoms with Crippen LogP contribution in [-0.2, 0) is 6.54 Å². The summed E-state index contributed by atoms with van der Waals surface area (Å²) in [7, 11) is 0. The molecule has 146 valence electrons. The first-order valence-corrected chi connectivity index (χ1v) is 10.6. The zero-order chi connectivity index (χ0) is 19.8. The van der Waals surface area contributed by atoms with Crippen molar-refractivity contribution in [1.82, 2.24) is 9.88 Å². The van der Waals surface area contributed by atoms with Crippen molar-refractivity contribution in [3.8, 4) is 0 Å². The first-order valence-electron chi connectivity index (χ1n) is 9.83. The highest BCUT2D eigenvalue weighted by atomic mass is 32.2. The fraction of sp³-hybridized carbons (Fsp3) is 0.409. The number of anilines is 1. The number of fused-ring (bicyclic) bond motifs is 2. The smallest absolute Gasteiger partial charge is 0.0432 e. The zero-order valence-corrected chi connectivity index (χ0v) is 17.8. The number of likely N-dealkylation sites (N-methyl/N-ethyl adjacent to an activating group) is 1. The van der Waals surface area contributed by atoms with Crippen LogP contribution in [-0.4, -0.2) is 36.1 Å². The van der Waals surface area contributed by atoms with Crippen LogP contribution in [0.15, 0.2) is 47.0 Å². The fourth-order valence-corrected chi connectivity index (χ4v) is 4.45. The molecule has 1 aliphatic heterocycles. The third-order valence-corrected chi connectivity index (χ3v) is 5.94. The van der Waals surface area contributed by atoms with Crippen molar-refractivity contribution < 1.29 is 0 Å². The van der Waals surface area contributed by atoms with Crippen LogP contribution in [0.2, 0.25) is 0 Å². The van der Waals surface area contributed by atoms with Gasteiger partial charge in [0.2, 0.25) is 0 Å². The second-order valence-corrected chi connectivity index (χ2v) is 7.14. The molecular weight excluding hydrogens is 352 g/mol. The number of pyridine rings is 1. The summed E-state index contributed by atoms with van der Waals surface area (Å²) in [6.45, 7) is 17.4. The van der Waals surface area contributed by atoms with Crippen LogP contribution in [0.3, 0.4) is 0 Å². The maximum absolute atomic E-state index is 5.98. The third-order valence-electron chi connectivity index (χ3n) is 4.72. The normalized spacial score (nSPS) is 12.1. The van der Waals surface area contributed by atoms with Gasteiger partial charge < -0.3 is 16.0 Å². The Bertz CT molecular complexity index is 769. The van der Waals surface area contributed by atoms with Gasteiger partial charge in [0.05, 0.1) is 0 Å². The van der Waals surface area contributed by atoms with E-state index in [9.17, 15) is 0 Å². The monoisotopic (exact) mass is 384 g/mol. The highest BCUT2D eigenvalue weighted by Gasteiger charge is 2.24. The molecule has 0 saturated carbocycles. The molecule has 1 aromatic carbocycles. The maximum Gasteiger partial charge on any atom is 0.0432 e. The minimum atomic E-state index is 0.526. The van der Waals surface area contributed by atoms with E-state index in [1.165, 1.54) is 10.5 Å². The summed E-state index contributed by atoms with van der Waals surface area (Å²) >= 11 is 1.75. The van der Waals surface area contributed by atoms with E-state index in [-0.39, 0.29) is 0 Å². The molecule has 1 aliphatic rings. The fourth-order valence-electron chi connectivity index (χ4n) is 3.19. The molecule has 0 atom stereocenters. The molecule has 0 unspecified atom stereocenters. The molecule has 2 aromatic rings. The quantitative estimate of drug-likeness (QED) is 0.610. The first kappa shape index (κ1) is 21.5. The molecule has 3 rings (SSSR count). The average Bonchev–Trinajstić information content (AvgIpc) is 2.72. The van der Waals surface area contributed by atoms with Gasteiger partial charge in [0.25, 0.3) is 0 Å². The Hall–Kier alpha value is -1.82. The van der Waals surface area contributed by atoms with Crippen molar-refractivity contribution in [2.75, 3.05) is 31.5 Å². The second-order valence-electron chi connectivity index (χ2n) is 6.09. The average molecular weight is 385 g/mol. The minimum Gasteiger partial charge on any atom is -0.383 e. The van der Waals surface area contributed by atoms with Gasteiger partial charge in [-0.05, 0) is 41.9 Å². The van der Waals surface area contributed by atoms with E-state index in [4.69, 9.17) is 5.73 Å². The number of nitrogens with two attached hydrogens (primary N) is 1. The SMILES string of the molecule is C=C1c2ccncc2Sc2c(CN)ccc(NCCN(CC)CC)c21.CC. The van der Waals surface area contributed by atoms with Gasteiger partial charge >= 0.3 is 0 Å². The van der Waals surface area contributed by atoms with Crippen LogP contribution in [0.5, 0.6) is 0 Å². The molecule has 5 heteroatoms. The summed E-state index contributed by atoms with van der Waals surface area (Å²) in [6.07, 6.45) is 3.74. The van der Waals surface area contributed by atoms with Crippen LogP contribution in [0.4, 0.5) is 5.69 Å². The molecule has 4 nitrogen and oxygen atoms in total. The number of benzene rings is 1. The predicted octanol–water partition coefficient (Wildman–Crippen LogP) is 4.85. The van der Waals surface area contributed by atoms with Crippen molar-refractivity contribution in [1.29, 1.82) is 0 Å². The highest BCUT2D eigenvalue weighted by Crippen LogP contribution is 2.48. The van der Waals surface area contributed by atoms with Crippen molar-refractivity contribution in [3.63, 3.8) is 0 Å². The predicted molar refractivity (Wildman–Crippen MR) is 118 cm³/mol. The summed E-state index contributed by atoms with van der Waals surface area (Å²) in [5.74, 6) is 0. The Balaban J connectivity index is 0.00000126. The lowest BCUT2D eigenvalue weighted by atomic mass is 9.96. The number of rotatable bonds is 7. The summed E-state index contributed by atoms with van der Waals surface area (Å²) in [6, 6.07) is 6.31. The summed E-state index contributed by atoms with van der Waals surface area (Å²) < 4.78 is 0. The minimum absolute atomic E-state index is 0.526. The van der Waals surface area contributed by atoms with Crippen LogP contribution in [0, 0.1) is 0 Å². The Kier molecular flexibility index (Phi) is 8.35. The standard InChI is InChI=1S/C20H26N4S.C2H6/c1-4-24(5-2)11-10-23-17-7-6-15(12-21)20-19(17)14(3)16-8-9-22-13-18(16)25-20;1-2/h6-9,13,23H,3-5,10-12,21H2,1-2H3;1-2H3. The Morgan fingerprint density at radius 3 is 2.59 bits per heavy atom. The molecule has 1 aromatic heterocycles. The second kappa shape index (κ2) is 10.5. The number of aromatic nitrogens is 1. The molecule has 0 fully saturated rings. The van der Waals surface area contributed by atoms with E-state index in [0.717, 1.165) is 53.5 Å². The number of nitrogens with one attached hydrogen (secondary N) is 1. The highest BCUT2D eigenvalue weighted by molar-refractivity contribution is 7.99. The van der Waals surface area contributed by atoms with Gasteiger partial charge in [-0.25, -0.2) is 0 Å². The summed E-state index contributed by atoms with van der Waals surface area (Å²) in [5, 5.41) is 3.61. The Morgan fingerprint density at radius 1 is 1.19 bits per heavy atom. The van der Waals surface area contributed by atoms with E-state index in [1.54, 1.807) is 11.8 Å². The molecular formula is C22H32N4S. The molecule has 0 aliphatic carbocycles. The number of hydrogen-bond acceptors (Lipinski definition) is 5. The first-order chi connectivity index (χ1) is 13.2. The molecule has 0 bridgehead atoms. The van der Waals surface area contributed by atoms with Crippen LogP contribution in [0.25, 0.3) is 5.57 Å². The van der Waals surface area contributed by atoms with Crippen molar-refractivity contribution in [3.05, 3.63) is 53.9 Å². The van der Waals surface area contributed by atoms with Crippen molar-refractivity contribution in [2.24, 2.45) is 5.73 Å². The van der Waals surface area contributed by atoms with Gasteiger partial charge in [-0.15, -0.1) is 0 Å². The number of nitrogens with zero attached hydrogens (tertiary/aromatic N) is 2. The molecule has 2 heterocycles. The van der Waals surface area contributed by atoms with Gasteiger partial charge in [-0.1, -0.05) is 52.1 Å². The largest absolute Gasteiger partial charge is 0.383 e. The Labute approximate surface area is 168 Å². The molecule has 3 N–H and O–H groups in total. The van der Waals surface area contributed by atoms with Crippen LogP contribution >= 0.6 is 11.8 Å². The van der Waals surface area contributed by atoms with Gasteiger partial charge in [-0.2, -0.15) is 0 Å². The molecule has 27 heavy (non-hydrogen) atoms. The van der Waals surface area contributed by atoms with Gasteiger partial charge in [0, 0.05) is 53.1 Å². The van der Waals surface area contributed by atoms with Crippen LogP contribution < -0.4 is 11.1 Å². The third kappa shape index (κ3) is 4.72. The van der Waals surface area contributed by atoms with E-state index < -0.39 is 0 Å². The zero-order valence-electron chi connectivity index (χ0n) is 17.0. The maximum atomic E-state index is 5.98. The summed E-state index contributed by atoms with van der Waals surface area (Å²) in [5.41, 5.74) is 11.7.